The molecule has 0 bridgehead atoms. The number of hydrogen-bond acceptors (Lipinski definition) is 4. The summed E-state index contributed by atoms with van der Waals surface area (Å²) in [5, 5.41) is 5.24. The Balaban J connectivity index is 1.52. The molecule has 1 aliphatic heterocycles. The molecule has 0 radical (unpaired) electrons. The maximum absolute atomic E-state index is 13.3. The molecule has 6 nitrogen and oxygen atoms in total. The van der Waals surface area contributed by atoms with Crippen molar-refractivity contribution >= 4 is 21.6 Å². The van der Waals surface area contributed by atoms with Crippen LogP contribution in [0, 0.1) is 5.82 Å². The number of halogens is 1. The average molecular weight is 446 g/mol. The van der Waals surface area contributed by atoms with Gasteiger partial charge in [0.25, 0.3) is 0 Å². The van der Waals surface area contributed by atoms with E-state index in [4.69, 9.17) is 5.14 Å². The minimum atomic E-state index is -3.77. The van der Waals surface area contributed by atoms with Crippen molar-refractivity contribution in [3.8, 4) is 0 Å². The van der Waals surface area contributed by atoms with Crippen LogP contribution in [0.5, 0.6) is 0 Å². The first-order chi connectivity index (χ1) is 14.8. The third-order valence-corrected chi connectivity index (χ3v) is 7.22. The fourth-order valence-corrected chi connectivity index (χ4v) is 5.22. The lowest BCUT2D eigenvalue weighted by molar-refractivity contribution is -0.120. The third-order valence-electron chi connectivity index (χ3n) is 6.30. The SMILES string of the molecule is NS(=O)(=O)c1ccc2c(c1)CCN2C(=O)CN(Cc1ccc(F)cc1)C1CCCCC1. The number of benzene rings is 2. The van der Waals surface area contributed by atoms with E-state index in [2.05, 4.69) is 4.90 Å². The number of fused-ring (bicyclic) bond motifs is 1. The van der Waals surface area contributed by atoms with Crippen LogP contribution in [-0.2, 0) is 27.8 Å². The van der Waals surface area contributed by atoms with Crippen molar-refractivity contribution in [1.29, 1.82) is 0 Å². The van der Waals surface area contributed by atoms with Gasteiger partial charge in [0.1, 0.15) is 5.82 Å². The second kappa shape index (κ2) is 9.06. The summed E-state index contributed by atoms with van der Waals surface area (Å²) >= 11 is 0. The van der Waals surface area contributed by atoms with Crippen LogP contribution in [0.3, 0.4) is 0 Å². The van der Waals surface area contributed by atoms with Crippen molar-refractivity contribution in [3.63, 3.8) is 0 Å². The van der Waals surface area contributed by atoms with E-state index >= 15 is 0 Å². The second-order valence-corrected chi connectivity index (χ2v) is 10.0. The summed E-state index contributed by atoms with van der Waals surface area (Å²) in [6.45, 7) is 1.40. The van der Waals surface area contributed by atoms with Crippen LogP contribution in [0.1, 0.15) is 43.2 Å². The van der Waals surface area contributed by atoms with Crippen LogP contribution < -0.4 is 10.0 Å². The van der Waals surface area contributed by atoms with Gasteiger partial charge < -0.3 is 4.90 Å². The fraction of sp³-hybridized carbons (Fsp3) is 0.435. The molecule has 0 atom stereocenters. The Kier molecular flexibility index (Phi) is 6.41. The first-order valence-corrected chi connectivity index (χ1v) is 12.3. The van der Waals surface area contributed by atoms with Gasteiger partial charge in [-0.25, -0.2) is 17.9 Å². The molecule has 1 amide bonds. The summed E-state index contributed by atoms with van der Waals surface area (Å²) in [6, 6.07) is 11.5. The third kappa shape index (κ3) is 5.14. The molecule has 1 saturated carbocycles. The monoisotopic (exact) mass is 445 g/mol. The largest absolute Gasteiger partial charge is 0.311 e. The zero-order valence-corrected chi connectivity index (χ0v) is 18.3. The number of hydrogen-bond donors (Lipinski definition) is 1. The van der Waals surface area contributed by atoms with Gasteiger partial charge in [-0.15, -0.1) is 0 Å². The Morgan fingerprint density at radius 3 is 2.48 bits per heavy atom. The highest BCUT2D eigenvalue weighted by Gasteiger charge is 2.30. The van der Waals surface area contributed by atoms with Gasteiger partial charge in [-0.2, -0.15) is 0 Å². The molecule has 1 fully saturated rings. The zero-order valence-electron chi connectivity index (χ0n) is 17.5. The number of sulfonamides is 1. The van der Waals surface area contributed by atoms with Crippen LogP contribution in [0.25, 0.3) is 0 Å². The fourth-order valence-electron chi connectivity index (χ4n) is 4.66. The summed E-state index contributed by atoms with van der Waals surface area (Å²) in [5.41, 5.74) is 2.56. The van der Waals surface area contributed by atoms with Gasteiger partial charge in [-0.3, -0.25) is 9.69 Å². The number of anilines is 1. The second-order valence-electron chi connectivity index (χ2n) is 8.45. The van der Waals surface area contributed by atoms with Crippen LogP contribution >= 0.6 is 0 Å². The van der Waals surface area contributed by atoms with Gasteiger partial charge in [0, 0.05) is 24.8 Å². The predicted octanol–water partition coefficient (Wildman–Crippen LogP) is 3.20. The number of carbonyl (C=O) groups excluding carboxylic acids is 1. The van der Waals surface area contributed by atoms with Crippen molar-refractivity contribution in [1.82, 2.24) is 4.90 Å². The highest BCUT2D eigenvalue weighted by atomic mass is 32.2. The lowest BCUT2D eigenvalue weighted by Gasteiger charge is -2.35. The lowest BCUT2D eigenvalue weighted by Crippen LogP contribution is -2.44. The molecule has 0 spiro atoms. The standard InChI is InChI=1S/C23H28FN3O3S/c24-19-8-6-17(7-9-19)15-26(20-4-2-1-3-5-20)16-23(28)27-13-12-18-14-21(31(25,29)30)10-11-22(18)27/h6-11,14,20H,1-5,12-13,15-16H2,(H2,25,29,30). The number of amides is 1. The molecule has 1 aliphatic carbocycles. The lowest BCUT2D eigenvalue weighted by atomic mass is 9.93. The molecule has 1 heterocycles. The van der Waals surface area contributed by atoms with Crippen LogP contribution in [0.4, 0.5) is 10.1 Å². The maximum atomic E-state index is 13.3. The van der Waals surface area contributed by atoms with Gasteiger partial charge in [-0.1, -0.05) is 31.4 Å². The first kappa shape index (κ1) is 21.9. The molecule has 4 rings (SSSR count). The van der Waals surface area contributed by atoms with Crippen LogP contribution in [0.2, 0.25) is 0 Å². The number of carbonyl (C=O) groups is 1. The minimum Gasteiger partial charge on any atom is -0.311 e. The van der Waals surface area contributed by atoms with Crippen molar-refractivity contribution in [2.24, 2.45) is 5.14 Å². The Labute approximate surface area is 182 Å². The van der Waals surface area contributed by atoms with E-state index in [1.54, 1.807) is 29.2 Å². The molecular weight excluding hydrogens is 417 g/mol. The summed E-state index contributed by atoms with van der Waals surface area (Å²) < 4.78 is 36.6. The van der Waals surface area contributed by atoms with E-state index < -0.39 is 10.0 Å². The Hall–Kier alpha value is -2.29. The van der Waals surface area contributed by atoms with Crippen molar-refractivity contribution in [3.05, 3.63) is 59.4 Å². The number of primary sulfonamides is 1. The molecule has 0 aromatic heterocycles. The molecular formula is C23H28FN3O3S. The highest BCUT2D eigenvalue weighted by molar-refractivity contribution is 7.89. The Bertz CT molecular complexity index is 1050. The van der Waals surface area contributed by atoms with E-state index in [1.807, 2.05) is 0 Å². The van der Waals surface area contributed by atoms with Crippen LogP contribution in [0.15, 0.2) is 47.4 Å². The van der Waals surface area contributed by atoms with Gasteiger partial charge >= 0.3 is 0 Å². The topological polar surface area (TPSA) is 83.7 Å². The minimum absolute atomic E-state index is 0.00482. The van der Waals surface area contributed by atoms with E-state index in [9.17, 15) is 17.6 Å². The molecule has 2 aliphatic rings. The molecule has 2 N–H and O–H groups in total. The number of nitrogens with zero attached hydrogens (tertiary/aromatic N) is 2. The smallest absolute Gasteiger partial charge is 0.241 e. The van der Waals surface area contributed by atoms with E-state index in [0.29, 0.717) is 25.6 Å². The van der Waals surface area contributed by atoms with Gasteiger partial charge in [0.2, 0.25) is 15.9 Å². The summed E-state index contributed by atoms with van der Waals surface area (Å²) in [5.74, 6) is -0.272. The predicted molar refractivity (Wildman–Crippen MR) is 118 cm³/mol. The number of rotatable bonds is 6. The summed E-state index contributed by atoms with van der Waals surface area (Å²) in [4.78, 5) is 17.3. The molecule has 0 saturated heterocycles. The summed E-state index contributed by atoms with van der Waals surface area (Å²) in [6.07, 6.45) is 6.25. The van der Waals surface area contributed by atoms with Gasteiger partial charge in [0.05, 0.1) is 11.4 Å². The molecule has 31 heavy (non-hydrogen) atoms. The molecule has 0 unspecified atom stereocenters. The van der Waals surface area contributed by atoms with E-state index in [-0.39, 0.29) is 23.2 Å². The first-order valence-electron chi connectivity index (χ1n) is 10.8. The summed E-state index contributed by atoms with van der Waals surface area (Å²) in [7, 11) is -3.77. The molecule has 166 valence electrons. The van der Waals surface area contributed by atoms with Gasteiger partial charge in [0.15, 0.2) is 0 Å². The quantitative estimate of drug-likeness (QED) is 0.740. The zero-order chi connectivity index (χ0) is 22.0. The van der Waals surface area contributed by atoms with Crippen LogP contribution in [-0.4, -0.2) is 38.4 Å². The number of nitrogens with two attached hydrogens (primary N) is 1. The van der Waals surface area contributed by atoms with Crippen molar-refractivity contribution in [2.45, 2.75) is 56.0 Å². The van der Waals surface area contributed by atoms with E-state index in [1.165, 1.54) is 24.6 Å². The van der Waals surface area contributed by atoms with Gasteiger partial charge in [-0.05, 0) is 60.7 Å². The molecule has 2 aromatic carbocycles. The highest BCUT2D eigenvalue weighted by Crippen LogP contribution is 2.31. The molecule has 2 aromatic rings. The van der Waals surface area contributed by atoms with Crippen molar-refractivity contribution in [2.75, 3.05) is 18.0 Å². The Morgan fingerprint density at radius 1 is 1.10 bits per heavy atom. The van der Waals surface area contributed by atoms with E-state index in [0.717, 1.165) is 42.5 Å². The maximum Gasteiger partial charge on any atom is 0.241 e. The molecule has 8 heteroatoms. The normalized spacial score (nSPS) is 17.2. The Morgan fingerprint density at radius 2 is 1.81 bits per heavy atom. The van der Waals surface area contributed by atoms with Crippen molar-refractivity contribution < 1.29 is 17.6 Å². The average Bonchev–Trinajstić information content (AvgIpc) is 3.18.